The molecule has 116 valence electrons. The third-order valence-electron chi connectivity index (χ3n) is 4.00. The van der Waals surface area contributed by atoms with Crippen molar-refractivity contribution < 1.29 is 14.3 Å². The number of methoxy groups -OCH3 is 2. The van der Waals surface area contributed by atoms with Crippen molar-refractivity contribution in [3.63, 3.8) is 0 Å². The van der Waals surface area contributed by atoms with Crippen molar-refractivity contribution in [2.24, 2.45) is 0 Å². The zero-order valence-electron chi connectivity index (χ0n) is 13.1. The molecule has 0 aromatic heterocycles. The summed E-state index contributed by atoms with van der Waals surface area (Å²) in [4.78, 5) is 14.3. The molecule has 0 unspecified atom stereocenters. The van der Waals surface area contributed by atoms with E-state index in [1.54, 1.807) is 14.2 Å². The smallest absolute Gasteiger partial charge is 0.222 e. The number of hydrogen-bond acceptors (Lipinski definition) is 3. The molecular formula is C17H25NO3. The first-order chi connectivity index (χ1) is 10.2. The maximum Gasteiger partial charge on any atom is 0.222 e. The zero-order chi connectivity index (χ0) is 15.1. The van der Waals surface area contributed by atoms with Crippen LogP contribution in [0.2, 0.25) is 0 Å². The molecule has 0 atom stereocenters. The lowest BCUT2D eigenvalue weighted by Gasteiger charge is -2.20. The van der Waals surface area contributed by atoms with Crippen molar-refractivity contribution in [2.75, 3.05) is 27.3 Å². The monoisotopic (exact) mass is 291 g/mol. The molecule has 0 bridgehead atoms. The Morgan fingerprint density at radius 3 is 2.10 bits per heavy atom. The number of hydrogen-bond donors (Lipinski definition) is 0. The molecule has 1 amide bonds. The van der Waals surface area contributed by atoms with Crippen LogP contribution in [0, 0.1) is 0 Å². The Morgan fingerprint density at radius 1 is 1.00 bits per heavy atom. The first-order valence-electron chi connectivity index (χ1n) is 7.72. The van der Waals surface area contributed by atoms with Crippen LogP contribution < -0.4 is 9.47 Å². The largest absolute Gasteiger partial charge is 0.497 e. The Morgan fingerprint density at radius 2 is 1.57 bits per heavy atom. The van der Waals surface area contributed by atoms with Gasteiger partial charge < -0.3 is 14.4 Å². The molecule has 1 aliphatic heterocycles. The summed E-state index contributed by atoms with van der Waals surface area (Å²) in [7, 11) is 3.28. The summed E-state index contributed by atoms with van der Waals surface area (Å²) >= 11 is 0. The maximum atomic E-state index is 12.3. The van der Waals surface area contributed by atoms with Gasteiger partial charge in [0.05, 0.1) is 14.2 Å². The van der Waals surface area contributed by atoms with Crippen molar-refractivity contribution in [2.45, 2.75) is 38.5 Å². The third kappa shape index (κ3) is 4.66. The van der Waals surface area contributed by atoms with Crippen LogP contribution in [0.4, 0.5) is 0 Å². The van der Waals surface area contributed by atoms with Gasteiger partial charge in [-0.05, 0) is 37.0 Å². The lowest BCUT2D eigenvalue weighted by molar-refractivity contribution is -0.131. The fraction of sp³-hybridized carbons (Fsp3) is 0.588. The van der Waals surface area contributed by atoms with E-state index in [4.69, 9.17) is 9.47 Å². The van der Waals surface area contributed by atoms with Gasteiger partial charge in [-0.2, -0.15) is 0 Å². The summed E-state index contributed by atoms with van der Waals surface area (Å²) in [5.41, 5.74) is 1.08. The Hall–Kier alpha value is -1.71. The van der Waals surface area contributed by atoms with Crippen LogP contribution in [0.5, 0.6) is 11.5 Å². The normalized spacial score (nSPS) is 15.4. The van der Waals surface area contributed by atoms with E-state index in [-0.39, 0.29) is 5.91 Å². The molecule has 1 aromatic carbocycles. The van der Waals surface area contributed by atoms with Crippen LogP contribution in [0.15, 0.2) is 18.2 Å². The van der Waals surface area contributed by atoms with Crippen LogP contribution in [0.25, 0.3) is 0 Å². The number of amides is 1. The van der Waals surface area contributed by atoms with Crippen molar-refractivity contribution >= 4 is 5.91 Å². The Labute approximate surface area is 127 Å². The first kappa shape index (κ1) is 15.7. The Balaban J connectivity index is 1.93. The number of nitrogens with zero attached hydrogens (tertiary/aromatic N) is 1. The zero-order valence-corrected chi connectivity index (χ0v) is 13.1. The van der Waals surface area contributed by atoms with Gasteiger partial charge in [-0.25, -0.2) is 0 Å². The van der Waals surface area contributed by atoms with Gasteiger partial charge in [-0.3, -0.25) is 4.79 Å². The summed E-state index contributed by atoms with van der Waals surface area (Å²) in [6.07, 6.45) is 6.05. The molecular weight excluding hydrogens is 266 g/mol. The second-order valence-corrected chi connectivity index (χ2v) is 5.52. The molecule has 1 saturated heterocycles. The molecule has 4 heteroatoms. The number of carbonyl (C=O) groups is 1. The molecule has 1 aliphatic rings. The summed E-state index contributed by atoms with van der Waals surface area (Å²) in [5.74, 6) is 1.80. The van der Waals surface area contributed by atoms with Crippen LogP contribution in [0.3, 0.4) is 0 Å². The second kappa shape index (κ2) is 7.91. The molecule has 0 spiro atoms. The van der Waals surface area contributed by atoms with Gasteiger partial charge in [0.25, 0.3) is 0 Å². The topological polar surface area (TPSA) is 38.8 Å². The second-order valence-electron chi connectivity index (χ2n) is 5.52. The molecule has 0 radical (unpaired) electrons. The van der Waals surface area contributed by atoms with Crippen molar-refractivity contribution in [1.29, 1.82) is 0 Å². The molecule has 1 heterocycles. The summed E-state index contributed by atoms with van der Waals surface area (Å²) in [6.45, 7) is 1.83. The van der Waals surface area contributed by atoms with E-state index in [1.807, 2.05) is 23.1 Å². The number of carbonyl (C=O) groups excluding carboxylic acids is 1. The number of aryl methyl sites for hydroxylation is 1. The lowest BCUT2D eigenvalue weighted by atomic mass is 10.1. The average molecular weight is 291 g/mol. The highest BCUT2D eigenvalue weighted by atomic mass is 16.5. The van der Waals surface area contributed by atoms with Gasteiger partial charge in [-0.1, -0.05) is 12.8 Å². The van der Waals surface area contributed by atoms with E-state index in [9.17, 15) is 4.79 Å². The Bertz CT molecular complexity index is 443. The third-order valence-corrected chi connectivity index (χ3v) is 4.00. The van der Waals surface area contributed by atoms with E-state index in [1.165, 1.54) is 12.8 Å². The van der Waals surface area contributed by atoms with Gasteiger partial charge >= 0.3 is 0 Å². The van der Waals surface area contributed by atoms with Crippen LogP contribution in [0.1, 0.15) is 37.7 Å². The highest BCUT2D eigenvalue weighted by molar-refractivity contribution is 5.76. The molecule has 0 saturated carbocycles. The van der Waals surface area contributed by atoms with E-state index >= 15 is 0 Å². The minimum atomic E-state index is 0.263. The lowest BCUT2D eigenvalue weighted by Crippen LogP contribution is -2.31. The first-order valence-corrected chi connectivity index (χ1v) is 7.72. The van der Waals surface area contributed by atoms with Crippen molar-refractivity contribution in [3.05, 3.63) is 23.8 Å². The van der Waals surface area contributed by atoms with Crippen LogP contribution >= 0.6 is 0 Å². The highest BCUT2D eigenvalue weighted by Crippen LogP contribution is 2.23. The molecule has 21 heavy (non-hydrogen) atoms. The van der Waals surface area contributed by atoms with Crippen molar-refractivity contribution in [1.82, 2.24) is 4.90 Å². The van der Waals surface area contributed by atoms with Crippen LogP contribution in [-0.2, 0) is 11.2 Å². The molecule has 4 nitrogen and oxygen atoms in total. The minimum absolute atomic E-state index is 0.263. The molecule has 1 fully saturated rings. The fourth-order valence-electron chi connectivity index (χ4n) is 2.74. The van der Waals surface area contributed by atoms with E-state index < -0.39 is 0 Å². The SMILES string of the molecule is COc1cc(CCC(=O)N2CCCCCC2)cc(OC)c1. The van der Waals surface area contributed by atoms with E-state index in [2.05, 4.69) is 0 Å². The van der Waals surface area contributed by atoms with E-state index in [0.717, 1.165) is 49.4 Å². The molecule has 0 N–H and O–H groups in total. The molecule has 0 aliphatic carbocycles. The predicted molar refractivity (Wildman–Crippen MR) is 82.9 cm³/mol. The predicted octanol–water partition coefficient (Wildman–Crippen LogP) is 3.04. The Kier molecular flexibility index (Phi) is 5.90. The van der Waals surface area contributed by atoms with Gasteiger partial charge in [-0.15, -0.1) is 0 Å². The minimum Gasteiger partial charge on any atom is -0.497 e. The van der Waals surface area contributed by atoms with E-state index in [0.29, 0.717) is 6.42 Å². The quantitative estimate of drug-likeness (QED) is 0.837. The summed E-state index contributed by atoms with van der Waals surface area (Å²) in [5, 5.41) is 0. The average Bonchev–Trinajstić information content (AvgIpc) is 2.81. The highest BCUT2D eigenvalue weighted by Gasteiger charge is 2.15. The molecule has 1 aromatic rings. The number of ether oxygens (including phenoxy) is 2. The number of likely N-dealkylation sites (tertiary alicyclic amines) is 1. The number of rotatable bonds is 5. The van der Waals surface area contributed by atoms with Gasteiger partial charge in [0, 0.05) is 25.6 Å². The fourth-order valence-corrected chi connectivity index (χ4v) is 2.74. The van der Waals surface area contributed by atoms with Crippen molar-refractivity contribution in [3.8, 4) is 11.5 Å². The van der Waals surface area contributed by atoms with Gasteiger partial charge in [0.15, 0.2) is 0 Å². The standard InChI is InChI=1S/C17H25NO3/c1-20-15-11-14(12-16(13-15)21-2)7-8-17(19)18-9-5-3-4-6-10-18/h11-13H,3-10H2,1-2H3. The number of benzene rings is 1. The summed E-state index contributed by atoms with van der Waals surface area (Å²) < 4.78 is 10.5. The summed E-state index contributed by atoms with van der Waals surface area (Å²) in [6, 6.07) is 5.79. The van der Waals surface area contributed by atoms with Gasteiger partial charge in [0.1, 0.15) is 11.5 Å². The van der Waals surface area contributed by atoms with Crippen LogP contribution in [-0.4, -0.2) is 38.1 Å². The maximum absolute atomic E-state index is 12.3. The van der Waals surface area contributed by atoms with Gasteiger partial charge in [0.2, 0.25) is 5.91 Å². The molecule has 2 rings (SSSR count).